The molecule has 0 fully saturated rings. The Bertz CT molecular complexity index is 811. The van der Waals surface area contributed by atoms with Gasteiger partial charge in [0.1, 0.15) is 6.33 Å². The van der Waals surface area contributed by atoms with Gasteiger partial charge in [-0.2, -0.15) is 0 Å². The number of hydrogen-bond donors (Lipinski definition) is 0. The first-order chi connectivity index (χ1) is 10.2. The van der Waals surface area contributed by atoms with Crippen LogP contribution in [0.2, 0.25) is 0 Å². The van der Waals surface area contributed by atoms with Gasteiger partial charge in [-0.1, -0.05) is 12.1 Å². The minimum atomic E-state index is -0.407. The Hall–Kier alpha value is -3.02. The second-order valence-electron chi connectivity index (χ2n) is 4.60. The monoisotopic (exact) mass is 280 g/mol. The van der Waals surface area contributed by atoms with Crippen molar-refractivity contribution in [1.82, 2.24) is 14.5 Å². The molecule has 3 rings (SSSR count). The van der Waals surface area contributed by atoms with Crippen molar-refractivity contribution < 1.29 is 4.92 Å². The molecule has 0 N–H and O–H groups in total. The molecule has 0 unspecified atom stereocenters. The maximum atomic E-state index is 10.9. The van der Waals surface area contributed by atoms with Crippen LogP contribution in [0.3, 0.4) is 0 Å². The number of aryl methyl sites for hydroxylation is 1. The van der Waals surface area contributed by atoms with Gasteiger partial charge in [0, 0.05) is 37.1 Å². The maximum absolute atomic E-state index is 10.9. The van der Waals surface area contributed by atoms with Crippen LogP contribution >= 0.6 is 0 Å². The highest BCUT2D eigenvalue weighted by molar-refractivity contribution is 5.79. The first kappa shape index (κ1) is 13.0. The Balaban J connectivity index is 2.18. The molecule has 21 heavy (non-hydrogen) atoms. The number of aromatic nitrogens is 3. The number of non-ortho nitro benzene ring substituents is 1. The second kappa shape index (κ2) is 5.16. The summed E-state index contributed by atoms with van der Waals surface area (Å²) in [4.78, 5) is 18.9. The van der Waals surface area contributed by atoms with Crippen molar-refractivity contribution in [3.05, 3.63) is 65.2 Å². The molecule has 0 aliphatic heterocycles. The third-order valence-electron chi connectivity index (χ3n) is 3.27. The molecule has 0 saturated heterocycles. The number of nitrogens with zero attached hydrogens (tertiary/aromatic N) is 4. The Morgan fingerprint density at radius 2 is 2.10 bits per heavy atom. The molecule has 0 bridgehead atoms. The van der Waals surface area contributed by atoms with Gasteiger partial charge in [-0.15, -0.1) is 0 Å². The Morgan fingerprint density at radius 1 is 1.24 bits per heavy atom. The second-order valence-corrected chi connectivity index (χ2v) is 4.60. The van der Waals surface area contributed by atoms with Crippen molar-refractivity contribution in [3.8, 4) is 22.5 Å². The topological polar surface area (TPSA) is 73.8 Å². The zero-order valence-electron chi connectivity index (χ0n) is 11.3. The van der Waals surface area contributed by atoms with E-state index in [4.69, 9.17) is 0 Å². The van der Waals surface area contributed by atoms with E-state index in [1.807, 2.05) is 36.0 Å². The molecule has 0 radical (unpaired) electrons. The van der Waals surface area contributed by atoms with Gasteiger partial charge in [0.25, 0.3) is 5.69 Å². The molecule has 0 aliphatic rings. The minimum absolute atomic E-state index is 0.0502. The summed E-state index contributed by atoms with van der Waals surface area (Å²) in [5, 5.41) is 10.9. The highest BCUT2D eigenvalue weighted by Gasteiger charge is 2.14. The molecular weight excluding hydrogens is 268 g/mol. The van der Waals surface area contributed by atoms with Crippen LogP contribution in [0.4, 0.5) is 5.69 Å². The Labute approximate surface area is 120 Å². The summed E-state index contributed by atoms with van der Waals surface area (Å²) in [6.07, 6.45) is 5.08. The summed E-state index contributed by atoms with van der Waals surface area (Å²) in [5.41, 5.74) is 3.22. The molecule has 0 amide bonds. The lowest BCUT2D eigenvalue weighted by atomic mass is 10.0. The van der Waals surface area contributed by atoms with Crippen molar-refractivity contribution >= 4 is 5.69 Å². The van der Waals surface area contributed by atoms with Crippen LogP contribution in [-0.2, 0) is 7.05 Å². The first-order valence-electron chi connectivity index (χ1n) is 6.33. The molecule has 104 valence electrons. The number of benzene rings is 1. The van der Waals surface area contributed by atoms with Crippen LogP contribution in [-0.4, -0.2) is 19.5 Å². The van der Waals surface area contributed by atoms with Crippen molar-refractivity contribution in [2.75, 3.05) is 0 Å². The van der Waals surface area contributed by atoms with Crippen molar-refractivity contribution in [1.29, 1.82) is 0 Å². The molecule has 3 aromatic rings. The predicted molar refractivity (Wildman–Crippen MR) is 78.5 cm³/mol. The highest BCUT2D eigenvalue weighted by atomic mass is 16.6. The zero-order chi connectivity index (χ0) is 14.8. The maximum Gasteiger partial charge on any atom is 0.270 e. The molecule has 0 aliphatic carbocycles. The fraction of sp³-hybridized carbons (Fsp3) is 0.0667. The third kappa shape index (κ3) is 2.38. The van der Waals surface area contributed by atoms with E-state index >= 15 is 0 Å². The number of rotatable bonds is 3. The van der Waals surface area contributed by atoms with Gasteiger partial charge in [-0.25, -0.2) is 9.97 Å². The standard InChI is InChI=1S/C15H12N4O2/c1-18-7-3-6-14(18)15-13(9-16-10-17-15)11-4-2-5-12(8-11)19(20)21/h2-10H,1H3. The predicted octanol–water partition coefficient (Wildman–Crippen LogP) is 3.06. The van der Waals surface area contributed by atoms with Gasteiger partial charge in [0.05, 0.1) is 16.3 Å². The van der Waals surface area contributed by atoms with Crippen LogP contribution in [0.5, 0.6) is 0 Å². The summed E-state index contributed by atoms with van der Waals surface area (Å²) in [5.74, 6) is 0. The summed E-state index contributed by atoms with van der Waals surface area (Å²) in [6.45, 7) is 0. The van der Waals surface area contributed by atoms with Gasteiger partial charge in [-0.05, 0) is 17.7 Å². The Kier molecular flexibility index (Phi) is 3.19. The molecule has 1 aromatic carbocycles. The van der Waals surface area contributed by atoms with Gasteiger partial charge < -0.3 is 4.57 Å². The van der Waals surface area contributed by atoms with E-state index in [1.54, 1.807) is 12.3 Å². The minimum Gasteiger partial charge on any atom is -0.349 e. The average molecular weight is 280 g/mol. The first-order valence-corrected chi connectivity index (χ1v) is 6.33. The normalized spacial score (nSPS) is 10.5. The lowest BCUT2D eigenvalue weighted by Crippen LogP contribution is -1.96. The smallest absolute Gasteiger partial charge is 0.270 e. The van der Waals surface area contributed by atoms with Crippen molar-refractivity contribution in [2.24, 2.45) is 7.05 Å². The summed E-state index contributed by atoms with van der Waals surface area (Å²) in [7, 11) is 1.93. The van der Waals surface area contributed by atoms with Gasteiger partial charge in [0.15, 0.2) is 0 Å². The van der Waals surface area contributed by atoms with Crippen molar-refractivity contribution in [2.45, 2.75) is 0 Å². The number of nitro benzene ring substituents is 1. The molecular formula is C15H12N4O2. The van der Waals surface area contributed by atoms with E-state index in [-0.39, 0.29) is 5.69 Å². The highest BCUT2D eigenvalue weighted by Crippen LogP contribution is 2.31. The third-order valence-corrected chi connectivity index (χ3v) is 3.27. The van der Waals surface area contributed by atoms with E-state index < -0.39 is 4.92 Å². The van der Waals surface area contributed by atoms with Gasteiger partial charge in [0.2, 0.25) is 0 Å². The number of nitro groups is 1. The van der Waals surface area contributed by atoms with E-state index in [1.165, 1.54) is 18.5 Å². The molecule has 6 nitrogen and oxygen atoms in total. The fourth-order valence-corrected chi connectivity index (χ4v) is 2.24. The van der Waals surface area contributed by atoms with Crippen LogP contribution in [0.15, 0.2) is 55.1 Å². The summed E-state index contributed by atoms with van der Waals surface area (Å²) in [6, 6.07) is 10.4. The van der Waals surface area contributed by atoms with E-state index in [9.17, 15) is 10.1 Å². The summed E-state index contributed by atoms with van der Waals surface area (Å²) >= 11 is 0. The quantitative estimate of drug-likeness (QED) is 0.546. The molecule has 0 spiro atoms. The average Bonchev–Trinajstić information content (AvgIpc) is 2.93. The number of hydrogen-bond acceptors (Lipinski definition) is 4. The van der Waals surface area contributed by atoms with Gasteiger partial charge >= 0.3 is 0 Å². The molecule has 6 heteroatoms. The fourth-order valence-electron chi connectivity index (χ4n) is 2.24. The van der Waals surface area contributed by atoms with Crippen molar-refractivity contribution in [3.63, 3.8) is 0 Å². The van der Waals surface area contributed by atoms with E-state index in [0.717, 1.165) is 22.5 Å². The Morgan fingerprint density at radius 3 is 2.81 bits per heavy atom. The van der Waals surface area contributed by atoms with E-state index in [0.29, 0.717) is 0 Å². The SMILES string of the molecule is Cn1cccc1-c1ncncc1-c1cccc([N+](=O)[O-])c1. The van der Waals surface area contributed by atoms with Gasteiger partial charge in [-0.3, -0.25) is 10.1 Å². The molecule has 0 atom stereocenters. The lowest BCUT2D eigenvalue weighted by Gasteiger charge is -2.09. The van der Waals surface area contributed by atoms with Crippen LogP contribution < -0.4 is 0 Å². The lowest BCUT2D eigenvalue weighted by molar-refractivity contribution is -0.384. The molecule has 2 heterocycles. The van der Waals surface area contributed by atoms with Crippen LogP contribution in [0.1, 0.15) is 0 Å². The zero-order valence-corrected chi connectivity index (χ0v) is 11.3. The largest absolute Gasteiger partial charge is 0.349 e. The van der Waals surface area contributed by atoms with Crippen LogP contribution in [0, 0.1) is 10.1 Å². The molecule has 0 saturated carbocycles. The summed E-state index contributed by atoms with van der Waals surface area (Å²) < 4.78 is 1.95. The van der Waals surface area contributed by atoms with E-state index in [2.05, 4.69) is 9.97 Å². The molecule has 2 aromatic heterocycles. The van der Waals surface area contributed by atoms with Crippen LogP contribution in [0.25, 0.3) is 22.5 Å².